The van der Waals surface area contributed by atoms with Gasteiger partial charge in [-0.05, 0) is 6.92 Å². The lowest BCUT2D eigenvalue weighted by Crippen LogP contribution is -2.51. The Morgan fingerprint density at radius 3 is 2.82 bits per heavy atom. The summed E-state index contributed by atoms with van der Waals surface area (Å²) in [5.74, 6) is 0. The Balaban J connectivity index is 2.56. The average molecular weight is 265 g/mol. The van der Waals surface area contributed by atoms with Gasteiger partial charge in [-0.25, -0.2) is 4.79 Å². The van der Waals surface area contributed by atoms with Crippen molar-refractivity contribution in [2.75, 3.05) is 13.2 Å². The average Bonchev–Trinajstić information content (AvgIpc) is 2.51. The fraction of sp³-hybridized carbons (Fsp3) is 0.714. The smallest absolute Gasteiger partial charge is 0.409 e. The maximum absolute atomic E-state index is 11.1. The highest BCUT2D eigenvalue weighted by molar-refractivity contribution is 8.14. The van der Waals surface area contributed by atoms with Crippen LogP contribution in [0.3, 0.4) is 0 Å². The minimum atomic E-state index is -1.27. The summed E-state index contributed by atoms with van der Waals surface area (Å²) in [6.07, 6.45) is -1.96. The topological polar surface area (TPSA) is 122 Å². The van der Waals surface area contributed by atoms with Crippen LogP contribution in [0, 0.1) is 10.1 Å². The highest BCUT2D eigenvalue weighted by Crippen LogP contribution is 2.24. The first-order valence-electron chi connectivity index (χ1n) is 4.66. The molecule has 1 aliphatic rings. The van der Waals surface area contributed by atoms with Crippen molar-refractivity contribution in [1.29, 1.82) is 0 Å². The zero-order valence-corrected chi connectivity index (χ0v) is 9.68. The van der Waals surface area contributed by atoms with Crippen molar-refractivity contribution < 1.29 is 24.6 Å². The van der Waals surface area contributed by atoms with E-state index in [9.17, 15) is 19.7 Å². The van der Waals surface area contributed by atoms with Crippen LogP contribution in [-0.2, 0) is 4.84 Å². The number of carbonyl (C=O) groups is 2. The van der Waals surface area contributed by atoms with Crippen LogP contribution in [0.5, 0.6) is 0 Å². The molecule has 1 saturated heterocycles. The summed E-state index contributed by atoms with van der Waals surface area (Å²) in [7, 11) is 0. The lowest BCUT2D eigenvalue weighted by atomic mass is 10.3. The van der Waals surface area contributed by atoms with E-state index in [1.807, 2.05) is 0 Å². The van der Waals surface area contributed by atoms with Gasteiger partial charge in [0, 0.05) is 6.54 Å². The normalized spacial score (nSPS) is 23.0. The first kappa shape index (κ1) is 13.4. The van der Waals surface area contributed by atoms with Crippen molar-refractivity contribution in [1.82, 2.24) is 10.2 Å². The number of rotatable bonds is 5. The number of carboxylic acid groups (broad SMARTS) is 1. The standard InChI is InChI=1S/C7H11N3O6S/c1-4-5(8-6(11)17-4)9(7(12)13)2-3-16-10(14)15/h4-5H,2-3H2,1H3,(H,8,11)(H,12,13). The van der Waals surface area contributed by atoms with Gasteiger partial charge >= 0.3 is 6.09 Å². The Labute approximate surface area is 100 Å². The van der Waals surface area contributed by atoms with Gasteiger partial charge in [0.2, 0.25) is 0 Å². The highest BCUT2D eigenvalue weighted by Gasteiger charge is 2.36. The summed E-state index contributed by atoms with van der Waals surface area (Å²) in [4.78, 5) is 36.9. The van der Waals surface area contributed by atoms with E-state index in [2.05, 4.69) is 10.2 Å². The van der Waals surface area contributed by atoms with Gasteiger partial charge in [-0.1, -0.05) is 11.8 Å². The van der Waals surface area contributed by atoms with Gasteiger partial charge < -0.3 is 15.3 Å². The zero-order valence-electron chi connectivity index (χ0n) is 8.86. The third-order valence-corrected chi connectivity index (χ3v) is 3.08. The number of nitrogens with zero attached hydrogens (tertiary/aromatic N) is 2. The van der Waals surface area contributed by atoms with Crippen molar-refractivity contribution in [3.63, 3.8) is 0 Å². The molecular formula is C7H11N3O6S. The quantitative estimate of drug-likeness (QED) is 0.543. The maximum Gasteiger partial charge on any atom is 0.409 e. The molecule has 0 bridgehead atoms. The molecule has 0 aromatic heterocycles. The number of hydrogen-bond donors (Lipinski definition) is 2. The van der Waals surface area contributed by atoms with E-state index < -0.39 is 17.3 Å². The van der Waals surface area contributed by atoms with Gasteiger partial charge in [-0.2, -0.15) is 0 Å². The van der Waals surface area contributed by atoms with E-state index in [4.69, 9.17) is 5.11 Å². The van der Waals surface area contributed by atoms with Crippen LogP contribution in [0.25, 0.3) is 0 Å². The molecule has 2 amide bonds. The van der Waals surface area contributed by atoms with Gasteiger partial charge in [0.1, 0.15) is 12.8 Å². The SMILES string of the molecule is CC1SC(=O)NC1N(CCO[N+](=O)[O-])C(=O)O. The molecule has 1 fully saturated rings. The molecule has 17 heavy (non-hydrogen) atoms. The van der Waals surface area contributed by atoms with Crippen molar-refractivity contribution in [2.24, 2.45) is 0 Å². The minimum absolute atomic E-state index is 0.188. The fourth-order valence-electron chi connectivity index (χ4n) is 1.40. The Morgan fingerprint density at radius 1 is 1.76 bits per heavy atom. The molecule has 2 N–H and O–H groups in total. The van der Waals surface area contributed by atoms with E-state index in [-0.39, 0.29) is 23.6 Å². The summed E-state index contributed by atoms with van der Waals surface area (Å²) in [5, 5.41) is 19.8. The highest BCUT2D eigenvalue weighted by atomic mass is 32.2. The molecule has 1 aliphatic heterocycles. The second-order valence-electron chi connectivity index (χ2n) is 3.23. The Morgan fingerprint density at radius 2 is 2.41 bits per heavy atom. The van der Waals surface area contributed by atoms with Crippen molar-refractivity contribution in [3.8, 4) is 0 Å². The van der Waals surface area contributed by atoms with Crippen LogP contribution in [0.4, 0.5) is 9.59 Å². The Hall–Kier alpha value is -1.71. The molecule has 96 valence electrons. The van der Waals surface area contributed by atoms with Gasteiger partial charge in [0.05, 0.1) is 5.25 Å². The monoisotopic (exact) mass is 265 g/mol. The Kier molecular flexibility index (Phi) is 4.37. The molecule has 9 nitrogen and oxygen atoms in total. The summed E-state index contributed by atoms with van der Waals surface area (Å²) in [5.41, 5.74) is 0. The third-order valence-electron chi connectivity index (χ3n) is 2.11. The molecule has 0 saturated carbocycles. The molecule has 2 atom stereocenters. The zero-order chi connectivity index (χ0) is 13.0. The van der Waals surface area contributed by atoms with Crippen LogP contribution >= 0.6 is 11.8 Å². The van der Waals surface area contributed by atoms with Gasteiger partial charge in [0.15, 0.2) is 0 Å². The van der Waals surface area contributed by atoms with Crippen molar-refractivity contribution in [3.05, 3.63) is 10.1 Å². The molecule has 0 aromatic rings. The number of nitrogens with one attached hydrogen (secondary N) is 1. The molecule has 0 aromatic carbocycles. The Bertz CT molecular complexity index is 338. The van der Waals surface area contributed by atoms with Crippen molar-refractivity contribution in [2.45, 2.75) is 18.3 Å². The van der Waals surface area contributed by atoms with Gasteiger partial charge in [-0.15, -0.1) is 10.1 Å². The van der Waals surface area contributed by atoms with E-state index in [0.717, 1.165) is 16.7 Å². The van der Waals surface area contributed by atoms with Gasteiger partial charge in [-0.3, -0.25) is 9.69 Å². The summed E-state index contributed by atoms with van der Waals surface area (Å²) < 4.78 is 0. The van der Waals surface area contributed by atoms with E-state index in [1.54, 1.807) is 6.92 Å². The summed E-state index contributed by atoms with van der Waals surface area (Å²) in [6.45, 7) is 1.13. The van der Waals surface area contributed by atoms with Gasteiger partial charge in [0.25, 0.3) is 10.3 Å². The van der Waals surface area contributed by atoms with Crippen LogP contribution in [0.2, 0.25) is 0 Å². The lowest BCUT2D eigenvalue weighted by Gasteiger charge is -2.27. The molecule has 10 heteroatoms. The number of thioether (sulfide) groups is 1. The van der Waals surface area contributed by atoms with Crippen LogP contribution in [0.1, 0.15) is 6.92 Å². The second kappa shape index (κ2) is 5.57. The third kappa shape index (κ3) is 3.66. The number of carbonyl (C=O) groups excluding carboxylic acids is 1. The maximum atomic E-state index is 11.1. The summed E-state index contributed by atoms with van der Waals surface area (Å²) >= 11 is 0.984. The minimum Gasteiger partial charge on any atom is -0.465 e. The first-order chi connectivity index (χ1) is 7.91. The largest absolute Gasteiger partial charge is 0.465 e. The lowest BCUT2D eigenvalue weighted by molar-refractivity contribution is -0.757. The van der Waals surface area contributed by atoms with E-state index in [0.29, 0.717) is 0 Å². The molecule has 0 spiro atoms. The predicted octanol–water partition coefficient (Wildman–Crippen LogP) is 0.346. The number of hydrogen-bond acceptors (Lipinski definition) is 6. The van der Waals surface area contributed by atoms with Crippen LogP contribution in [-0.4, -0.2) is 51.0 Å². The molecule has 1 rings (SSSR count). The van der Waals surface area contributed by atoms with Crippen LogP contribution in [0.15, 0.2) is 0 Å². The van der Waals surface area contributed by atoms with E-state index >= 15 is 0 Å². The van der Waals surface area contributed by atoms with Crippen molar-refractivity contribution >= 4 is 23.1 Å². The predicted molar refractivity (Wildman–Crippen MR) is 57.0 cm³/mol. The molecule has 0 aliphatic carbocycles. The summed E-state index contributed by atoms with van der Waals surface area (Å²) in [6, 6.07) is 0. The first-order valence-corrected chi connectivity index (χ1v) is 5.54. The molecular weight excluding hydrogens is 254 g/mol. The van der Waals surface area contributed by atoms with Crippen LogP contribution < -0.4 is 5.32 Å². The van der Waals surface area contributed by atoms with E-state index in [1.165, 1.54) is 0 Å². The number of amides is 2. The fourth-order valence-corrected chi connectivity index (χ4v) is 2.27. The molecule has 1 heterocycles. The molecule has 2 unspecified atom stereocenters. The second-order valence-corrected chi connectivity index (χ2v) is 4.58. The molecule has 0 radical (unpaired) electrons.